The maximum atomic E-state index is 13.2. The molecular weight excluding hydrogens is 365 g/mol. The number of rotatable bonds is 5. The van der Waals surface area contributed by atoms with Crippen LogP contribution in [-0.4, -0.2) is 27.8 Å². The first-order valence-electron chi connectivity index (χ1n) is 8.56. The lowest BCUT2D eigenvalue weighted by Crippen LogP contribution is -2.31. The molecule has 0 aliphatic rings. The number of nitrogens with zero attached hydrogens (tertiary/aromatic N) is 2. The first kappa shape index (κ1) is 19.2. The predicted molar refractivity (Wildman–Crippen MR) is 101 cm³/mol. The van der Waals surface area contributed by atoms with Gasteiger partial charge in [0.25, 0.3) is 11.5 Å². The molecule has 1 heterocycles. The van der Waals surface area contributed by atoms with Crippen molar-refractivity contribution in [1.29, 1.82) is 0 Å². The van der Waals surface area contributed by atoms with Crippen LogP contribution in [0.15, 0.2) is 53.3 Å². The molecule has 0 saturated carbocycles. The van der Waals surface area contributed by atoms with Crippen LogP contribution in [0.3, 0.4) is 0 Å². The molecule has 0 radical (unpaired) electrons. The Balaban J connectivity index is 1.70. The molecule has 1 atom stereocenters. The number of aromatic nitrogens is 2. The summed E-state index contributed by atoms with van der Waals surface area (Å²) < 4.78 is 19.5. The van der Waals surface area contributed by atoms with E-state index in [1.807, 2.05) is 0 Å². The zero-order valence-corrected chi connectivity index (χ0v) is 15.3. The number of carbonyl (C=O) groups excluding carboxylic acids is 2. The van der Waals surface area contributed by atoms with Crippen LogP contribution < -0.4 is 10.9 Å². The normalized spacial score (nSPS) is 11.8. The molecule has 1 aromatic heterocycles. The minimum absolute atomic E-state index is 0.202. The van der Waals surface area contributed by atoms with Crippen molar-refractivity contribution in [1.82, 2.24) is 9.78 Å². The number of ether oxygens (including phenoxy) is 1. The number of benzene rings is 2. The van der Waals surface area contributed by atoms with Crippen LogP contribution in [0.5, 0.6) is 0 Å². The second-order valence-electron chi connectivity index (χ2n) is 6.23. The molecule has 0 fully saturated rings. The number of halogens is 1. The summed E-state index contributed by atoms with van der Waals surface area (Å²) in [5, 5.41) is 7.61. The summed E-state index contributed by atoms with van der Waals surface area (Å²) >= 11 is 0. The van der Waals surface area contributed by atoms with Gasteiger partial charge in [0.15, 0.2) is 6.10 Å². The van der Waals surface area contributed by atoms with Gasteiger partial charge in [0.05, 0.1) is 17.5 Å². The number of fused-ring (bicyclic) bond motifs is 1. The number of carbonyl (C=O) groups is 2. The van der Waals surface area contributed by atoms with Gasteiger partial charge in [-0.3, -0.25) is 14.4 Å². The molecule has 0 spiro atoms. The lowest BCUT2D eigenvalue weighted by molar-refractivity contribution is -0.152. The van der Waals surface area contributed by atoms with E-state index < -0.39 is 23.8 Å². The van der Waals surface area contributed by atoms with Gasteiger partial charge in [-0.1, -0.05) is 24.3 Å². The van der Waals surface area contributed by atoms with E-state index in [4.69, 9.17) is 4.74 Å². The number of nitrogens with one attached hydrogen (secondary N) is 1. The highest BCUT2D eigenvalue weighted by Gasteiger charge is 2.20. The third-order valence-electron chi connectivity index (χ3n) is 4.11. The molecule has 8 heteroatoms. The molecule has 0 unspecified atom stereocenters. The largest absolute Gasteiger partial charge is 0.452 e. The minimum Gasteiger partial charge on any atom is -0.452 e. The van der Waals surface area contributed by atoms with Crippen LogP contribution in [0.25, 0.3) is 10.8 Å². The highest BCUT2D eigenvalue weighted by atomic mass is 19.1. The quantitative estimate of drug-likeness (QED) is 0.682. The van der Waals surface area contributed by atoms with Gasteiger partial charge in [-0.15, -0.1) is 0 Å². The number of hydrogen-bond donors (Lipinski definition) is 1. The first-order valence-corrected chi connectivity index (χ1v) is 8.56. The van der Waals surface area contributed by atoms with Gasteiger partial charge in [-0.25, -0.2) is 9.07 Å². The second-order valence-corrected chi connectivity index (χ2v) is 6.23. The lowest BCUT2D eigenvalue weighted by Gasteiger charge is -2.14. The highest BCUT2D eigenvalue weighted by Crippen LogP contribution is 2.15. The molecular formula is C20H18FN3O4. The molecule has 144 valence electrons. The molecule has 0 aliphatic heterocycles. The van der Waals surface area contributed by atoms with Gasteiger partial charge in [0.1, 0.15) is 5.82 Å². The van der Waals surface area contributed by atoms with Crippen molar-refractivity contribution in [3.63, 3.8) is 0 Å². The highest BCUT2D eigenvalue weighted by molar-refractivity contribution is 5.95. The van der Waals surface area contributed by atoms with E-state index in [0.29, 0.717) is 16.5 Å². The Bertz CT molecular complexity index is 1110. The Morgan fingerprint density at radius 1 is 1.18 bits per heavy atom. The van der Waals surface area contributed by atoms with Gasteiger partial charge in [-0.2, -0.15) is 5.10 Å². The van der Waals surface area contributed by atoms with Crippen LogP contribution in [0.4, 0.5) is 10.1 Å². The Hall–Kier alpha value is -3.55. The van der Waals surface area contributed by atoms with Gasteiger partial charge in [0.2, 0.25) is 0 Å². The average Bonchev–Trinajstić information content (AvgIpc) is 2.66. The predicted octanol–water partition coefficient (Wildman–Crippen LogP) is 2.19. The fourth-order valence-electron chi connectivity index (χ4n) is 2.75. The van der Waals surface area contributed by atoms with Crippen molar-refractivity contribution in [2.75, 3.05) is 5.32 Å². The van der Waals surface area contributed by atoms with Crippen molar-refractivity contribution in [3.05, 3.63) is 70.4 Å². The Labute approximate surface area is 159 Å². The third-order valence-corrected chi connectivity index (χ3v) is 4.11. The number of aryl methyl sites for hydroxylation is 1. The molecule has 3 aromatic rings. The zero-order valence-electron chi connectivity index (χ0n) is 15.3. The standard InChI is InChI=1S/C20H18FN3O4/c1-12(19(26)22-14-7-5-6-13(21)10-14)28-18(25)11-17-15-8-3-4-9-16(15)20(27)24(2)23-17/h3-10,12H,11H2,1-2H3,(H,22,26)/t12-/m1/s1. The fraction of sp³-hybridized carbons (Fsp3) is 0.200. The maximum absolute atomic E-state index is 13.2. The summed E-state index contributed by atoms with van der Waals surface area (Å²) in [7, 11) is 1.50. The molecule has 7 nitrogen and oxygen atoms in total. The second kappa shape index (κ2) is 7.99. The van der Waals surface area contributed by atoms with Gasteiger partial charge in [-0.05, 0) is 31.2 Å². The van der Waals surface area contributed by atoms with Crippen molar-refractivity contribution >= 4 is 28.3 Å². The van der Waals surface area contributed by atoms with Crippen molar-refractivity contribution in [2.45, 2.75) is 19.4 Å². The number of esters is 1. The van der Waals surface area contributed by atoms with Gasteiger partial charge in [0, 0.05) is 18.1 Å². The van der Waals surface area contributed by atoms with Crippen molar-refractivity contribution in [3.8, 4) is 0 Å². The van der Waals surface area contributed by atoms with E-state index in [1.165, 1.54) is 32.2 Å². The Kier molecular flexibility index (Phi) is 5.49. The topological polar surface area (TPSA) is 90.3 Å². The van der Waals surface area contributed by atoms with Crippen LogP contribution in [-0.2, 0) is 27.8 Å². The molecule has 28 heavy (non-hydrogen) atoms. The van der Waals surface area contributed by atoms with Gasteiger partial charge < -0.3 is 10.1 Å². The van der Waals surface area contributed by atoms with Crippen LogP contribution in [0.2, 0.25) is 0 Å². The number of anilines is 1. The van der Waals surface area contributed by atoms with E-state index >= 15 is 0 Å². The van der Waals surface area contributed by atoms with Crippen molar-refractivity contribution < 1.29 is 18.7 Å². The van der Waals surface area contributed by atoms with Crippen LogP contribution >= 0.6 is 0 Å². The lowest BCUT2D eigenvalue weighted by atomic mass is 10.1. The summed E-state index contributed by atoms with van der Waals surface area (Å²) in [6.45, 7) is 1.42. The summed E-state index contributed by atoms with van der Waals surface area (Å²) in [5.74, 6) is -1.74. The molecule has 1 N–H and O–H groups in total. The zero-order chi connectivity index (χ0) is 20.3. The SMILES string of the molecule is C[C@@H](OC(=O)Cc1nn(C)c(=O)c2ccccc12)C(=O)Nc1cccc(F)c1. The number of hydrogen-bond acceptors (Lipinski definition) is 5. The fourth-order valence-corrected chi connectivity index (χ4v) is 2.75. The average molecular weight is 383 g/mol. The molecule has 2 aromatic carbocycles. The molecule has 0 saturated heterocycles. The van der Waals surface area contributed by atoms with E-state index in [2.05, 4.69) is 10.4 Å². The monoisotopic (exact) mass is 383 g/mol. The maximum Gasteiger partial charge on any atom is 0.312 e. The molecule has 0 bridgehead atoms. The van der Waals surface area contributed by atoms with Crippen LogP contribution in [0.1, 0.15) is 12.6 Å². The Morgan fingerprint density at radius 3 is 2.61 bits per heavy atom. The first-order chi connectivity index (χ1) is 13.3. The Morgan fingerprint density at radius 2 is 1.89 bits per heavy atom. The van der Waals surface area contributed by atoms with Crippen molar-refractivity contribution in [2.24, 2.45) is 7.05 Å². The third kappa shape index (κ3) is 4.22. The van der Waals surface area contributed by atoms with E-state index in [0.717, 1.165) is 10.7 Å². The summed E-state index contributed by atoms with van der Waals surface area (Å²) in [6, 6.07) is 12.2. The summed E-state index contributed by atoms with van der Waals surface area (Å²) in [5.41, 5.74) is 0.370. The van der Waals surface area contributed by atoms with E-state index in [9.17, 15) is 18.8 Å². The summed E-state index contributed by atoms with van der Waals surface area (Å²) in [4.78, 5) is 36.6. The molecule has 3 rings (SSSR count). The molecule has 0 aliphatic carbocycles. The molecule has 1 amide bonds. The van der Waals surface area contributed by atoms with E-state index in [1.54, 1.807) is 24.3 Å². The van der Waals surface area contributed by atoms with Gasteiger partial charge >= 0.3 is 5.97 Å². The number of amides is 1. The van der Waals surface area contributed by atoms with Crippen LogP contribution in [0, 0.1) is 5.82 Å². The smallest absolute Gasteiger partial charge is 0.312 e. The minimum atomic E-state index is -1.09. The summed E-state index contributed by atoms with van der Waals surface area (Å²) in [6.07, 6.45) is -1.29. The van der Waals surface area contributed by atoms with E-state index in [-0.39, 0.29) is 17.7 Å².